The maximum absolute atomic E-state index is 12.8. The van der Waals surface area contributed by atoms with Gasteiger partial charge in [-0.15, -0.1) is 0 Å². The van der Waals surface area contributed by atoms with Gasteiger partial charge in [0.05, 0.1) is 16.7 Å². The zero-order valence-electron chi connectivity index (χ0n) is 17.9. The van der Waals surface area contributed by atoms with Crippen LogP contribution >= 0.6 is 0 Å². The minimum absolute atomic E-state index is 0.0451. The Bertz CT molecular complexity index is 1020. The Kier molecular flexibility index (Phi) is 5.56. The van der Waals surface area contributed by atoms with Crippen molar-refractivity contribution < 1.29 is 31.2 Å². The van der Waals surface area contributed by atoms with Crippen LogP contribution in [0.25, 0.3) is 0 Å². The lowest BCUT2D eigenvalue weighted by atomic mass is 9.80. The van der Waals surface area contributed by atoms with E-state index in [0.29, 0.717) is 18.4 Å². The molecule has 4 rings (SSSR count). The summed E-state index contributed by atoms with van der Waals surface area (Å²) in [6.45, 7) is 1.89. The monoisotopic (exact) mass is 473 g/mol. The summed E-state index contributed by atoms with van der Waals surface area (Å²) in [5, 5.41) is -0.723. The Labute approximate surface area is 185 Å². The van der Waals surface area contributed by atoms with Gasteiger partial charge in [0, 0.05) is 25.2 Å². The first-order valence-electron chi connectivity index (χ1n) is 10.6. The highest BCUT2D eigenvalue weighted by Gasteiger charge is 2.51. The van der Waals surface area contributed by atoms with Crippen LogP contribution in [-0.4, -0.2) is 54.0 Å². The van der Waals surface area contributed by atoms with Crippen molar-refractivity contribution >= 4 is 22.0 Å². The molecule has 3 amide bonds. The predicted octanol–water partition coefficient (Wildman–Crippen LogP) is 3.11. The molecule has 0 bridgehead atoms. The highest BCUT2D eigenvalue weighted by molar-refractivity contribution is 7.90. The molecule has 3 fully saturated rings. The van der Waals surface area contributed by atoms with Crippen LogP contribution in [0.4, 0.5) is 18.0 Å². The average molecular weight is 474 g/mol. The number of halogens is 3. The largest absolute Gasteiger partial charge is 0.416 e. The van der Waals surface area contributed by atoms with Gasteiger partial charge in [0.25, 0.3) is 0 Å². The van der Waals surface area contributed by atoms with Crippen LogP contribution in [0.15, 0.2) is 24.3 Å². The third-order valence-corrected chi connectivity index (χ3v) is 8.89. The van der Waals surface area contributed by atoms with Gasteiger partial charge in [0.2, 0.25) is 15.9 Å². The maximum Gasteiger partial charge on any atom is 0.416 e. The van der Waals surface area contributed by atoms with Crippen LogP contribution in [0, 0.1) is 5.92 Å². The molecule has 2 aliphatic carbocycles. The number of hydrogen-bond acceptors (Lipinski definition) is 4. The number of sulfonamides is 1. The first-order chi connectivity index (χ1) is 14.8. The molecule has 3 atom stereocenters. The highest BCUT2D eigenvalue weighted by atomic mass is 32.2. The molecule has 1 saturated heterocycles. The fourth-order valence-electron chi connectivity index (χ4n) is 4.61. The summed E-state index contributed by atoms with van der Waals surface area (Å²) in [4.78, 5) is 28.1. The van der Waals surface area contributed by atoms with E-state index < -0.39 is 56.4 Å². The van der Waals surface area contributed by atoms with Crippen LogP contribution in [-0.2, 0) is 27.5 Å². The van der Waals surface area contributed by atoms with Crippen LogP contribution in [0.1, 0.15) is 50.2 Å². The molecule has 1 N–H and O–H groups in total. The van der Waals surface area contributed by atoms with Crippen LogP contribution in [0.5, 0.6) is 0 Å². The molecule has 11 heteroatoms. The number of nitrogens with one attached hydrogen (secondary N) is 1. The van der Waals surface area contributed by atoms with E-state index in [4.69, 9.17) is 0 Å². The van der Waals surface area contributed by atoms with E-state index in [9.17, 15) is 31.2 Å². The average Bonchev–Trinajstić information content (AvgIpc) is 3.44. The van der Waals surface area contributed by atoms with Crippen molar-refractivity contribution in [1.29, 1.82) is 0 Å². The van der Waals surface area contributed by atoms with E-state index in [2.05, 4.69) is 4.72 Å². The first kappa shape index (κ1) is 23.0. The van der Waals surface area contributed by atoms with Gasteiger partial charge >= 0.3 is 12.2 Å². The van der Waals surface area contributed by atoms with Crippen molar-refractivity contribution in [3.05, 3.63) is 35.4 Å². The number of amides is 3. The third-order valence-electron chi connectivity index (χ3n) is 6.81. The molecule has 1 aromatic carbocycles. The van der Waals surface area contributed by atoms with Crippen molar-refractivity contribution in [2.24, 2.45) is 5.92 Å². The number of carbonyl (C=O) groups is 2. The second kappa shape index (κ2) is 7.72. The molecule has 0 aromatic heterocycles. The Morgan fingerprint density at radius 2 is 1.75 bits per heavy atom. The van der Waals surface area contributed by atoms with E-state index in [1.165, 1.54) is 24.1 Å². The lowest BCUT2D eigenvalue weighted by molar-refractivity contribution is -0.139. The van der Waals surface area contributed by atoms with Gasteiger partial charge in [-0.25, -0.2) is 17.9 Å². The van der Waals surface area contributed by atoms with E-state index >= 15 is 0 Å². The smallest absolute Gasteiger partial charge is 0.316 e. The summed E-state index contributed by atoms with van der Waals surface area (Å²) < 4.78 is 66.9. The molecule has 2 saturated carbocycles. The normalized spacial score (nSPS) is 28.0. The standard InChI is InChI=1S/C21H26F3N3O4S/c1-20(9-10-20)25-32(30,31)15-7-8-17-16(11-15)18(28)26(2)19(29)27(17)12-13-3-5-14(6-4-13)21(22,23)24/h3-6,15-17,25H,7-12H2,1-2H3. The minimum Gasteiger partial charge on any atom is -0.316 e. The van der Waals surface area contributed by atoms with E-state index in [0.717, 1.165) is 29.9 Å². The maximum atomic E-state index is 12.8. The molecule has 0 radical (unpaired) electrons. The molecule has 0 spiro atoms. The summed E-state index contributed by atoms with van der Waals surface area (Å²) in [7, 11) is -2.26. The van der Waals surface area contributed by atoms with Crippen molar-refractivity contribution in [2.75, 3.05) is 7.05 Å². The summed E-state index contributed by atoms with van der Waals surface area (Å²) in [5.41, 5.74) is -0.682. The predicted molar refractivity (Wildman–Crippen MR) is 110 cm³/mol. The quantitative estimate of drug-likeness (QED) is 0.712. The van der Waals surface area contributed by atoms with Crippen LogP contribution in [0.2, 0.25) is 0 Å². The molecule has 3 unspecified atom stereocenters. The van der Waals surface area contributed by atoms with Crippen LogP contribution in [0.3, 0.4) is 0 Å². The SMILES string of the molecule is CN1C(=O)C2CC(S(=O)(=O)NC3(C)CC3)CCC2N(Cc2ccc(C(F)(F)F)cc2)C1=O. The number of imide groups is 1. The van der Waals surface area contributed by atoms with E-state index in [1.807, 2.05) is 6.92 Å². The molecule has 1 aliphatic heterocycles. The molecular formula is C21H26F3N3O4S. The van der Waals surface area contributed by atoms with Crippen LogP contribution < -0.4 is 4.72 Å². The van der Waals surface area contributed by atoms with Crippen molar-refractivity contribution in [3.63, 3.8) is 0 Å². The zero-order chi connectivity index (χ0) is 23.5. The Balaban J connectivity index is 1.53. The fraction of sp³-hybridized carbons (Fsp3) is 0.619. The molecule has 1 heterocycles. The second-order valence-corrected chi connectivity index (χ2v) is 11.3. The number of benzene rings is 1. The van der Waals surface area contributed by atoms with Gasteiger partial charge in [-0.05, 0) is 56.7 Å². The Hall–Kier alpha value is -2.14. The van der Waals surface area contributed by atoms with Gasteiger partial charge in [-0.3, -0.25) is 9.69 Å². The summed E-state index contributed by atoms with van der Waals surface area (Å²) in [5.74, 6) is -1.09. The lowest BCUT2D eigenvalue weighted by Crippen LogP contribution is -2.62. The Morgan fingerprint density at radius 3 is 2.31 bits per heavy atom. The van der Waals surface area contributed by atoms with Gasteiger partial charge < -0.3 is 4.90 Å². The van der Waals surface area contributed by atoms with Gasteiger partial charge in [0.15, 0.2) is 0 Å². The van der Waals surface area contributed by atoms with Gasteiger partial charge in [0.1, 0.15) is 0 Å². The fourth-order valence-corrected chi connectivity index (χ4v) is 6.58. The number of hydrogen-bond donors (Lipinski definition) is 1. The summed E-state index contributed by atoms with van der Waals surface area (Å²) >= 11 is 0. The van der Waals surface area contributed by atoms with E-state index in [-0.39, 0.29) is 13.0 Å². The van der Waals surface area contributed by atoms with Gasteiger partial charge in [-0.2, -0.15) is 13.2 Å². The van der Waals surface area contributed by atoms with E-state index in [1.54, 1.807) is 0 Å². The molecular weight excluding hydrogens is 447 g/mol. The first-order valence-corrected chi connectivity index (χ1v) is 12.1. The molecule has 1 aromatic rings. The van der Waals surface area contributed by atoms with Gasteiger partial charge in [-0.1, -0.05) is 12.1 Å². The van der Waals surface area contributed by atoms with Crippen molar-refractivity contribution in [2.45, 2.75) is 68.6 Å². The summed E-state index contributed by atoms with van der Waals surface area (Å²) in [6, 6.07) is 3.54. The number of alkyl halides is 3. The number of fused-ring (bicyclic) bond motifs is 1. The molecule has 3 aliphatic rings. The summed E-state index contributed by atoms with van der Waals surface area (Å²) in [6.07, 6.45) is -2.15. The third kappa shape index (κ3) is 4.36. The minimum atomic E-state index is -4.45. The molecule has 176 valence electrons. The van der Waals surface area contributed by atoms with Crippen molar-refractivity contribution in [3.8, 4) is 0 Å². The lowest BCUT2D eigenvalue weighted by Gasteiger charge is -2.47. The highest BCUT2D eigenvalue weighted by Crippen LogP contribution is 2.40. The Morgan fingerprint density at radius 1 is 1.12 bits per heavy atom. The number of rotatable bonds is 5. The number of carbonyl (C=O) groups excluding carboxylic acids is 2. The molecule has 7 nitrogen and oxygen atoms in total. The molecule has 32 heavy (non-hydrogen) atoms. The number of urea groups is 1. The zero-order valence-corrected chi connectivity index (χ0v) is 18.7. The second-order valence-electron chi connectivity index (χ2n) is 9.32. The topological polar surface area (TPSA) is 86.8 Å². The number of nitrogens with zero attached hydrogens (tertiary/aromatic N) is 2. The van der Waals surface area contributed by atoms with Crippen molar-refractivity contribution in [1.82, 2.24) is 14.5 Å².